The van der Waals surface area contributed by atoms with Crippen LogP contribution in [0.3, 0.4) is 0 Å². The van der Waals surface area contributed by atoms with E-state index in [-0.39, 0.29) is 5.92 Å². The third-order valence-electron chi connectivity index (χ3n) is 4.04. The highest BCUT2D eigenvalue weighted by Gasteiger charge is 2.27. The number of piperidine rings is 1. The molecule has 2 atom stereocenters. The van der Waals surface area contributed by atoms with Gasteiger partial charge in [0.15, 0.2) is 0 Å². The molecule has 2 aliphatic rings. The van der Waals surface area contributed by atoms with Crippen LogP contribution < -0.4 is 5.32 Å². The number of carbonyl (C=O) groups is 1. The zero-order valence-electron chi connectivity index (χ0n) is 11.1. The summed E-state index contributed by atoms with van der Waals surface area (Å²) in [4.78, 5) is 16.5. The van der Waals surface area contributed by atoms with Crippen LogP contribution in [-0.4, -0.2) is 62.5 Å². The summed E-state index contributed by atoms with van der Waals surface area (Å²) in [6.45, 7) is 5.14. The van der Waals surface area contributed by atoms with Crippen LogP contribution in [0.15, 0.2) is 0 Å². The first-order chi connectivity index (χ1) is 8.16. The molecule has 2 heterocycles. The van der Waals surface area contributed by atoms with E-state index in [1.54, 1.807) is 0 Å². The van der Waals surface area contributed by atoms with Gasteiger partial charge in [0.05, 0.1) is 5.92 Å². The van der Waals surface area contributed by atoms with Crippen LogP contribution in [0.5, 0.6) is 0 Å². The highest BCUT2D eigenvalue weighted by atomic mass is 16.2. The Morgan fingerprint density at radius 3 is 2.94 bits per heavy atom. The number of rotatable bonds is 3. The Balaban J connectivity index is 1.79. The lowest BCUT2D eigenvalue weighted by Crippen LogP contribution is -2.42. The molecule has 1 N–H and O–H groups in total. The summed E-state index contributed by atoms with van der Waals surface area (Å²) in [5, 5.41) is 3.26. The van der Waals surface area contributed by atoms with Crippen molar-refractivity contribution in [3.05, 3.63) is 0 Å². The largest absolute Gasteiger partial charge is 0.345 e. The molecule has 17 heavy (non-hydrogen) atoms. The molecule has 0 aromatic rings. The highest BCUT2D eigenvalue weighted by Crippen LogP contribution is 2.18. The standard InChI is InChI=1S/C13H25N3O/c1-15-7-3-4-11(9-15)10-16(2)13(17)12-5-6-14-8-12/h11-12,14H,3-10H2,1-2H3. The molecule has 4 nitrogen and oxygen atoms in total. The monoisotopic (exact) mass is 239 g/mol. The fourth-order valence-electron chi connectivity index (χ4n) is 3.08. The fraction of sp³-hybridized carbons (Fsp3) is 0.923. The molecule has 0 aromatic heterocycles. The van der Waals surface area contributed by atoms with Crippen molar-refractivity contribution in [3.8, 4) is 0 Å². The summed E-state index contributed by atoms with van der Waals surface area (Å²) >= 11 is 0. The molecule has 2 unspecified atom stereocenters. The summed E-state index contributed by atoms with van der Waals surface area (Å²) in [5.74, 6) is 1.22. The van der Waals surface area contributed by atoms with Crippen LogP contribution in [0.25, 0.3) is 0 Å². The van der Waals surface area contributed by atoms with E-state index >= 15 is 0 Å². The van der Waals surface area contributed by atoms with Gasteiger partial charge in [0.1, 0.15) is 0 Å². The molecular formula is C13H25N3O. The van der Waals surface area contributed by atoms with Crippen molar-refractivity contribution in [2.75, 3.05) is 46.8 Å². The van der Waals surface area contributed by atoms with Crippen LogP contribution in [0, 0.1) is 11.8 Å². The summed E-state index contributed by atoms with van der Waals surface area (Å²) in [6.07, 6.45) is 3.55. The van der Waals surface area contributed by atoms with Crippen molar-refractivity contribution >= 4 is 5.91 Å². The van der Waals surface area contributed by atoms with Gasteiger partial charge in [0.25, 0.3) is 0 Å². The number of amides is 1. The average molecular weight is 239 g/mol. The molecule has 2 fully saturated rings. The van der Waals surface area contributed by atoms with Gasteiger partial charge in [-0.25, -0.2) is 0 Å². The van der Waals surface area contributed by atoms with Gasteiger partial charge in [0, 0.05) is 26.7 Å². The van der Waals surface area contributed by atoms with Gasteiger partial charge >= 0.3 is 0 Å². The average Bonchev–Trinajstić information content (AvgIpc) is 2.81. The molecule has 0 radical (unpaired) electrons. The molecule has 2 saturated heterocycles. The molecule has 4 heteroatoms. The van der Waals surface area contributed by atoms with Crippen molar-refractivity contribution in [2.45, 2.75) is 19.3 Å². The van der Waals surface area contributed by atoms with Crippen LogP contribution in [0.2, 0.25) is 0 Å². The van der Waals surface area contributed by atoms with Crippen LogP contribution in [-0.2, 0) is 4.79 Å². The van der Waals surface area contributed by atoms with E-state index in [4.69, 9.17) is 0 Å². The Bertz CT molecular complexity index is 263. The minimum Gasteiger partial charge on any atom is -0.345 e. The Kier molecular flexibility index (Phi) is 4.40. The lowest BCUT2D eigenvalue weighted by molar-refractivity contribution is -0.134. The molecule has 2 rings (SSSR count). The number of carbonyl (C=O) groups excluding carboxylic acids is 1. The number of likely N-dealkylation sites (tertiary alicyclic amines) is 1. The molecule has 0 aromatic carbocycles. The first-order valence-corrected chi connectivity index (χ1v) is 6.81. The minimum absolute atomic E-state index is 0.223. The van der Waals surface area contributed by atoms with E-state index in [2.05, 4.69) is 17.3 Å². The van der Waals surface area contributed by atoms with E-state index in [0.717, 1.165) is 32.6 Å². The second kappa shape index (κ2) is 5.83. The van der Waals surface area contributed by atoms with E-state index in [9.17, 15) is 4.79 Å². The normalized spacial score (nSPS) is 30.5. The maximum absolute atomic E-state index is 12.2. The molecule has 1 amide bonds. The molecule has 98 valence electrons. The summed E-state index contributed by atoms with van der Waals surface area (Å²) < 4.78 is 0. The SMILES string of the molecule is CN1CCCC(CN(C)C(=O)C2CCNC2)C1. The molecule has 2 aliphatic heterocycles. The molecular weight excluding hydrogens is 214 g/mol. The lowest BCUT2D eigenvalue weighted by Gasteiger charge is -2.33. The second-order valence-electron chi connectivity index (χ2n) is 5.68. The van der Waals surface area contributed by atoms with E-state index < -0.39 is 0 Å². The molecule has 0 aliphatic carbocycles. The van der Waals surface area contributed by atoms with Crippen molar-refractivity contribution in [3.63, 3.8) is 0 Å². The maximum atomic E-state index is 12.2. The summed E-state index contributed by atoms with van der Waals surface area (Å²) in [7, 11) is 4.14. The second-order valence-corrected chi connectivity index (χ2v) is 5.68. The van der Waals surface area contributed by atoms with Crippen molar-refractivity contribution in [1.82, 2.24) is 15.1 Å². The van der Waals surface area contributed by atoms with Crippen molar-refractivity contribution in [2.24, 2.45) is 11.8 Å². The quantitative estimate of drug-likeness (QED) is 0.774. The minimum atomic E-state index is 0.223. The first kappa shape index (κ1) is 12.8. The number of nitrogens with zero attached hydrogens (tertiary/aromatic N) is 2. The van der Waals surface area contributed by atoms with Gasteiger partial charge in [-0.2, -0.15) is 0 Å². The van der Waals surface area contributed by atoms with Gasteiger partial charge in [0.2, 0.25) is 5.91 Å². The number of hydrogen-bond donors (Lipinski definition) is 1. The van der Waals surface area contributed by atoms with Gasteiger partial charge < -0.3 is 15.1 Å². The fourth-order valence-corrected chi connectivity index (χ4v) is 3.08. The molecule has 0 saturated carbocycles. The first-order valence-electron chi connectivity index (χ1n) is 6.81. The molecule has 0 bridgehead atoms. The van der Waals surface area contributed by atoms with Crippen molar-refractivity contribution in [1.29, 1.82) is 0 Å². The zero-order chi connectivity index (χ0) is 12.3. The zero-order valence-corrected chi connectivity index (χ0v) is 11.1. The Morgan fingerprint density at radius 2 is 2.29 bits per heavy atom. The Labute approximate surface area is 104 Å². The van der Waals surface area contributed by atoms with Gasteiger partial charge in [-0.05, 0) is 45.3 Å². The van der Waals surface area contributed by atoms with E-state index in [0.29, 0.717) is 11.8 Å². The topological polar surface area (TPSA) is 35.6 Å². The number of hydrogen-bond acceptors (Lipinski definition) is 3. The lowest BCUT2D eigenvalue weighted by atomic mass is 9.97. The predicted molar refractivity (Wildman–Crippen MR) is 68.8 cm³/mol. The van der Waals surface area contributed by atoms with Crippen LogP contribution >= 0.6 is 0 Å². The van der Waals surface area contributed by atoms with Crippen LogP contribution in [0.1, 0.15) is 19.3 Å². The third-order valence-corrected chi connectivity index (χ3v) is 4.04. The van der Waals surface area contributed by atoms with Crippen molar-refractivity contribution < 1.29 is 4.79 Å². The van der Waals surface area contributed by atoms with Crippen LogP contribution in [0.4, 0.5) is 0 Å². The molecule has 0 spiro atoms. The summed E-state index contributed by atoms with van der Waals surface area (Å²) in [6, 6.07) is 0. The van der Waals surface area contributed by atoms with E-state index in [1.165, 1.54) is 19.4 Å². The predicted octanol–water partition coefficient (Wildman–Crippen LogP) is 0.396. The Hall–Kier alpha value is -0.610. The van der Waals surface area contributed by atoms with Gasteiger partial charge in [-0.1, -0.05) is 0 Å². The van der Waals surface area contributed by atoms with Gasteiger partial charge in [-0.15, -0.1) is 0 Å². The smallest absolute Gasteiger partial charge is 0.226 e. The maximum Gasteiger partial charge on any atom is 0.226 e. The summed E-state index contributed by atoms with van der Waals surface area (Å²) in [5.41, 5.74) is 0. The Morgan fingerprint density at radius 1 is 1.47 bits per heavy atom. The number of nitrogens with one attached hydrogen (secondary N) is 1. The van der Waals surface area contributed by atoms with Gasteiger partial charge in [-0.3, -0.25) is 4.79 Å². The third kappa shape index (κ3) is 3.42. The van der Waals surface area contributed by atoms with E-state index in [1.807, 2.05) is 11.9 Å². The highest BCUT2D eigenvalue weighted by molar-refractivity contribution is 5.79.